The van der Waals surface area contributed by atoms with Gasteiger partial charge in [-0.2, -0.15) is 18.3 Å². The van der Waals surface area contributed by atoms with E-state index in [0.717, 1.165) is 12.1 Å². The molecule has 1 aliphatic heterocycles. The highest BCUT2D eigenvalue weighted by molar-refractivity contribution is 5.83. The van der Waals surface area contributed by atoms with Gasteiger partial charge in [-0.15, -0.1) is 0 Å². The highest BCUT2D eigenvalue weighted by Crippen LogP contribution is 2.40. The van der Waals surface area contributed by atoms with Crippen LogP contribution >= 0.6 is 0 Å². The number of nitro benzene ring substituents is 1. The number of ether oxygens (including phenoxy) is 3. The molecule has 11 heteroatoms. The third-order valence-corrected chi connectivity index (χ3v) is 3.77. The molecule has 2 aromatic rings. The second-order valence-corrected chi connectivity index (χ2v) is 5.60. The summed E-state index contributed by atoms with van der Waals surface area (Å²) in [6.45, 7) is 0.753. The van der Waals surface area contributed by atoms with E-state index in [1.807, 2.05) is 0 Å². The normalized spacial score (nSPS) is 13.4. The topological polar surface area (TPSA) is 95.2 Å². The number of nitrogens with zero attached hydrogens (tertiary/aromatic N) is 2. The molecule has 28 heavy (non-hydrogen) atoms. The summed E-state index contributed by atoms with van der Waals surface area (Å²) >= 11 is 0. The van der Waals surface area contributed by atoms with Crippen molar-refractivity contribution in [1.82, 2.24) is 0 Å². The molecule has 1 aliphatic rings. The average molecular weight is 397 g/mol. The first kappa shape index (κ1) is 19.3. The van der Waals surface area contributed by atoms with E-state index in [1.165, 1.54) is 13.3 Å². The van der Waals surface area contributed by atoms with Gasteiger partial charge in [-0.25, -0.2) is 0 Å². The third kappa shape index (κ3) is 4.08. The molecule has 0 fully saturated rings. The zero-order chi connectivity index (χ0) is 20.3. The van der Waals surface area contributed by atoms with Crippen LogP contribution in [-0.4, -0.2) is 31.5 Å². The van der Waals surface area contributed by atoms with E-state index in [0.29, 0.717) is 42.1 Å². The van der Waals surface area contributed by atoms with Gasteiger partial charge in [-0.05, 0) is 24.3 Å². The molecule has 0 radical (unpaired) electrons. The minimum absolute atomic E-state index is 0.182. The van der Waals surface area contributed by atoms with Crippen LogP contribution in [0.4, 0.5) is 24.5 Å². The average Bonchev–Trinajstić information content (AvgIpc) is 2.66. The van der Waals surface area contributed by atoms with Gasteiger partial charge < -0.3 is 14.2 Å². The molecular formula is C17H14F3N3O5. The monoisotopic (exact) mass is 397 g/mol. The summed E-state index contributed by atoms with van der Waals surface area (Å²) in [5.74, 6) is 1.32. The zero-order valence-electron chi connectivity index (χ0n) is 14.4. The van der Waals surface area contributed by atoms with Crippen molar-refractivity contribution in [3.8, 4) is 17.2 Å². The fraction of sp³-hybridized carbons (Fsp3) is 0.235. The summed E-state index contributed by atoms with van der Waals surface area (Å²) in [7, 11) is 1.46. The highest BCUT2D eigenvalue weighted by atomic mass is 19.4. The molecule has 3 rings (SSSR count). The number of rotatable bonds is 5. The summed E-state index contributed by atoms with van der Waals surface area (Å²) in [6.07, 6.45) is -3.36. The number of anilines is 1. The maximum absolute atomic E-state index is 12.7. The number of hydrogen-bond donors (Lipinski definition) is 1. The second kappa shape index (κ2) is 7.62. The molecular weight excluding hydrogens is 383 g/mol. The van der Waals surface area contributed by atoms with E-state index in [4.69, 9.17) is 14.2 Å². The van der Waals surface area contributed by atoms with Crippen molar-refractivity contribution in [3.05, 3.63) is 51.6 Å². The Balaban J connectivity index is 1.84. The first-order valence-electron chi connectivity index (χ1n) is 7.92. The van der Waals surface area contributed by atoms with E-state index in [2.05, 4.69) is 10.5 Å². The van der Waals surface area contributed by atoms with Crippen molar-refractivity contribution in [2.75, 3.05) is 25.7 Å². The molecule has 148 valence electrons. The van der Waals surface area contributed by atoms with Crippen molar-refractivity contribution in [1.29, 1.82) is 0 Å². The smallest absolute Gasteiger partial charge is 0.416 e. The Morgan fingerprint density at radius 1 is 1.25 bits per heavy atom. The molecule has 0 saturated heterocycles. The molecule has 1 heterocycles. The van der Waals surface area contributed by atoms with Gasteiger partial charge in [0.2, 0.25) is 5.75 Å². The number of nitro groups is 1. The van der Waals surface area contributed by atoms with Gasteiger partial charge in [0, 0.05) is 11.6 Å². The summed E-state index contributed by atoms with van der Waals surface area (Å²) in [6, 6.07) is 5.37. The summed E-state index contributed by atoms with van der Waals surface area (Å²) in [5.41, 5.74) is 0.872. The van der Waals surface area contributed by atoms with Crippen LogP contribution < -0.4 is 19.6 Å². The number of halogens is 3. The van der Waals surface area contributed by atoms with Crippen molar-refractivity contribution >= 4 is 17.6 Å². The predicted molar refractivity (Wildman–Crippen MR) is 93.3 cm³/mol. The van der Waals surface area contributed by atoms with Crippen LogP contribution in [0.2, 0.25) is 0 Å². The number of methoxy groups -OCH3 is 1. The van der Waals surface area contributed by atoms with Gasteiger partial charge in [0.05, 0.1) is 23.8 Å². The van der Waals surface area contributed by atoms with Gasteiger partial charge in [-0.3, -0.25) is 15.5 Å². The SMILES string of the molecule is COc1cc(/C=N\Nc2ccc(C(F)(F)F)cc2[N+](=O)[O-])cc2c1OCCO2. The third-order valence-electron chi connectivity index (χ3n) is 3.77. The Bertz CT molecular complexity index is 914. The van der Waals surface area contributed by atoms with Crippen LogP contribution in [0.25, 0.3) is 0 Å². The first-order valence-corrected chi connectivity index (χ1v) is 7.92. The van der Waals surface area contributed by atoms with Crippen LogP contribution in [-0.2, 0) is 6.18 Å². The van der Waals surface area contributed by atoms with Crippen LogP contribution in [0.3, 0.4) is 0 Å². The Labute approximate surface area is 156 Å². The fourth-order valence-electron chi connectivity index (χ4n) is 2.50. The van der Waals surface area contributed by atoms with Gasteiger partial charge in [0.1, 0.15) is 18.9 Å². The lowest BCUT2D eigenvalue weighted by Crippen LogP contribution is -2.16. The van der Waals surface area contributed by atoms with E-state index < -0.39 is 22.4 Å². The largest absolute Gasteiger partial charge is 0.493 e. The molecule has 0 saturated carbocycles. The molecule has 0 unspecified atom stereocenters. The van der Waals surface area contributed by atoms with E-state index in [1.54, 1.807) is 12.1 Å². The molecule has 0 aromatic heterocycles. The fourth-order valence-corrected chi connectivity index (χ4v) is 2.50. The Kier molecular flexibility index (Phi) is 5.25. The minimum atomic E-state index is -4.69. The maximum Gasteiger partial charge on any atom is 0.416 e. The summed E-state index contributed by atoms with van der Waals surface area (Å²) in [4.78, 5) is 10.2. The molecule has 0 amide bonds. The van der Waals surface area contributed by atoms with E-state index in [-0.39, 0.29) is 5.69 Å². The second-order valence-electron chi connectivity index (χ2n) is 5.60. The van der Waals surface area contributed by atoms with Crippen molar-refractivity contribution in [2.45, 2.75) is 6.18 Å². The number of hydrogen-bond acceptors (Lipinski definition) is 7. The lowest BCUT2D eigenvalue weighted by atomic mass is 10.1. The summed E-state index contributed by atoms with van der Waals surface area (Å²) < 4.78 is 54.4. The molecule has 8 nitrogen and oxygen atoms in total. The van der Waals surface area contributed by atoms with Crippen LogP contribution in [0.5, 0.6) is 17.2 Å². The molecule has 2 aromatic carbocycles. The molecule has 0 aliphatic carbocycles. The molecule has 0 atom stereocenters. The first-order chi connectivity index (χ1) is 13.3. The van der Waals surface area contributed by atoms with Crippen LogP contribution in [0.1, 0.15) is 11.1 Å². The van der Waals surface area contributed by atoms with Crippen LogP contribution in [0.15, 0.2) is 35.4 Å². The van der Waals surface area contributed by atoms with Gasteiger partial charge in [0.25, 0.3) is 5.69 Å². The van der Waals surface area contributed by atoms with Crippen molar-refractivity contribution < 1.29 is 32.3 Å². The quantitative estimate of drug-likeness (QED) is 0.468. The number of fused-ring (bicyclic) bond motifs is 1. The predicted octanol–water partition coefficient (Wildman–Crippen LogP) is 3.84. The molecule has 1 N–H and O–H groups in total. The number of hydrazone groups is 1. The van der Waals surface area contributed by atoms with Crippen molar-refractivity contribution in [3.63, 3.8) is 0 Å². The summed E-state index contributed by atoms with van der Waals surface area (Å²) in [5, 5.41) is 14.9. The van der Waals surface area contributed by atoms with Crippen molar-refractivity contribution in [2.24, 2.45) is 5.10 Å². The Morgan fingerprint density at radius 2 is 2.00 bits per heavy atom. The molecule has 0 bridgehead atoms. The van der Waals surface area contributed by atoms with Gasteiger partial charge >= 0.3 is 6.18 Å². The van der Waals surface area contributed by atoms with E-state index in [9.17, 15) is 23.3 Å². The standard InChI is InChI=1S/C17H14F3N3O5/c1-26-14-6-10(7-15-16(14)28-5-4-27-15)9-21-22-12-3-2-11(17(18,19)20)8-13(12)23(24)25/h2-3,6-9,22H,4-5H2,1H3/b21-9-. The van der Waals surface area contributed by atoms with Crippen LogP contribution in [0, 0.1) is 10.1 Å². The van der Waals surface area contributed by atoms with Gasteiger partial charge in [0.15, 0.2) is 11.5 Å². The number of nitrogens with one attached hydrogen (secondary N) is 1. The van der Waals surface area contributed by atoms with Gasteiger partial charge in [-0.1, -0.05) is 0 Å². The maximum atomic E-state index is 12.7. The molecule has 0 spiro atoms. The minimum Gasteiger partial charge on any atom is -0.493 e. The lowest BCUT2D eigenvalue weighted by Gasteiger charge is -2.20. The van der Waals surface area contributed by atoms with E-state index >= 15 is 0 Å². The number of benzene rings is 2. The lowest BCUT2D eigenvalue weighted by molar-refractivity contribution is -0.384. The Morgan fingerprint density at radius 3 is 2.68 bits per heavy atom. The zero-order valence-corrected chi connectivity index (χ0v) is 14.4. The highest BCUT2D eigenvalue weighted by Gasteiger charge is 2.33. The number of alkyl halides is 3. The Hall–Kier alpha value is -3.50.